The molecule has 0 atom stereocenters. The van der Waals surface area contributed by atoms with Crippen molar-refractivity contribution >= 4 is 5.91 Å². The molecule has 3 rings (SSSR count). The second-order valence-electron chi connectivity index (χ2n) is 7.24. The number of carbonyl (C=O) groups is 1. The first-order valence-electron chi connectivity index (χ1n) is 8.63. The summed E-state index contributed by atoms with van der Waals surface area (Å²) in [5.74, 6) is 0.334. The highest BCUT2D eigenvalue weighted by Crippen LogP contribution is 2.37. The molecular formula is C19H28N2O. The third kappa shape index (κ3) is 3.35. The van der Waals surface area contributed by atoms with Gasteiger partial charge in [0, 0.05) is 26.1 Å². The first-order valence-corrected chi connectivity index (χ1v) is 8.63. The largest absolute Gasteiger partial charge is 0.343 e. The zero-order valence-electron chi connectivity index (χ0n) is 14.0. The summed E-state index contributed by atoms with van der Waals surface area (Å²) in [5.41, 5.74) is 4.40. The van der Waals surface area contributed by atoms with E-state index in [4.69, 9.17) is 0 Å². The highest BCUT2D eigenvalue weighted by molar-refractivity contribution is 5.76. The van der Waals surface area contributed by atoms with Gasteiger partial charge in [0.15, 0.2) is 0 Å². The Morgan fingerprint density at radius 2 is 2.00 bits per heavy atom. The van der Waals surface area contributed by atoms with Gasteiger partial charge in [-0.25, -0.2) is 0 Å². The summed E-state index contributed by atoms with van der Waals surface area (Å²) in [7, 11) is 0. The van der Waals surface area contributed by atoms with Gasteiger partial charge >= 0.3 is 0 Å². The van der Waals surface area contributed by atoms with E-state index in [-0.39, 0.29) is 0 Å². The summed E-state index contributed by atoms with van der Waals surface area (Å²) in [6.45, 7) is 8.47. The molecule has 0 saturated carbocycles. The number of likely N-dealkylation sites (tertiary alicyclic amines) is 1. The molecule has 0 radical (unpaired) electrons. The lowest BCUT2D eigenvalue weighted by Gasteiger charge is -2.39. The quantitative estimate of drug-likeness (QED) is 0.931. The van der Waals surface area contributed by atoms with Crippen molar-refractivity contribution in [2.45, 2.75) is 46.0 Å². The molecule has 0 aromatic heterocycles. The first kappa shape index (κ1) is 15.5. The Balaban J connectivity index is 1.50. The van der Waals surface area contributed by atoms with Crippen molar-refractivity contribution in [3.05, 3.63) is 34.9 Å². The van der Waals surface area contributed by atoms with E-state index in [0.29, 0.717) is 17.7 Å². The van der Waals surface area contributed by atoms with E-state index in [0.717, 1.165) is 32.6 Å². The maximum absolute atomic E-state index is 12.5. The summed E-state index contributed by atoms with van der Waals surface area (Å²) < 4.78 is 0. The van der Waals surface area contributed by atoms with E-state index >= 15 is 0 Å². The van der Waals surface area contributed by atoms with Crippen molar-refractivity contribution in [2.75, 3.05) is 26.2 Å². The van der Waals surface area contributed by atoms with E-state index in [1.54, 1.807) is 0 Å². The Labute approximate surface area is 134 Å². The average Bonchev–Trinajstić information content (AvgIpc) is 2.95. The highest BCUT2D eigenvalue weighted by atomic mass is 16.2. The Hall–Kier alpha value is -1.35. The number of amides is 1. The Kier molecular flexibility index (Phi) is 4.53. The zero-order chi connectivity index (χ0) is 15.6. The van der Waals surface area contributed by atoms with Gasteiger partial charge < -0.3 is 10.2 Å². The molecule has 2 heterocycles. The van der Waals surface area contributed by atoms with Crippen LogP contribution in [-0.2, 0) is 11.2 Å². The maximum atomic E-state index is 12.5. The summed E-state index contributed by atoms with van der Waals surface area (Å²) in [5, 5.41) is 3.48. The number of benzene rings is 1. The lowest BCUT2D eigenvalue weighted by molar-refractivity contribution is -0.133. The van der Waals surface area contributed by atoms with Crippen LogP contribution >= 0.6 is 0 Å². The third-order valence-corrected chi connectivity index (χ3v) is 5.62. The normalized spacial score (nSPS) is 20.5. The third-order valence-electron chi connectivity index (χ3n) is 5.62. The summed E-state index contributed by atoms with van der Waals surface area (Å²) in [6, 6.07) is 6.52. The van der Waals surface area contributed by atoms with Gasteiger partial charge in [-0.2, -0.15) is 0 Å². The van der Waals surface area contributed by atoms with Crippen molar-refractivity contribution in [2.24, 2.45) is 5.41 Å². The minimum Gasteiger partial charge on any atom is -0.343 e. The molecule has 2 aliphatic rings. The SMILES string of the molecule is Cc1ccc(CCC(=O)N2CCC3(CCNC3)CC2)c(C)c1. The van der Waals surface area contributed by atoms with Crippen LogP contribution in [0.2, 0.25) is 0 Å². The second kappa shape index (κ2) is 6.41. The van der Waals surface area contributed by atoms with Gasteiger partial charge in [0.1, 0.15) is 0 Å². The van der Waals surface area contributed by atoms with Crippen LogP contribution in [0.15, 0.2) is 18.2 Å². The van der Waals surface area contributed by atoms with E-state index in [9.17, 15) is 4.79 Å². The van der Waals surface area contributed by atoms with Crippen molar-refractivity contribution in [3.63, 3.8) is 0 Å². The average molecular weight is 300 g/mol. The van der Waals surface area contributed by atoms with Gasteiger partial charge in [0.25, 0.3) is 0 Å². The molecule has 1 spiro atoms. The topological polar surface area (TPSA) is 32.3 Å². The number of carbonyl (C=O) groups excluding carboxylic acids is 1. The van der Waals surface area contributed by atoms with Gasteiger partial charge in [-0.05, 0) is 62.6 Å². The molecule has 22 heavy (non-hydrogen) atoms. The molecule has 2 aliphatic heterocycles. The van der Waals surface area contributed by atoms with E-state index < -0.39 is 0 Å². The summed E-state index contributed by atoms with van der Waals surface area (Å²) >= 11 is 0. The van der Waals surface area contributed by atoms with E-state index in [2.05, 4.69) is 42.3 Å². The lowest BCUT2D eigenvalue weighted by Crippen LogP contribution is -2.44. The van der Waals surface area contributed by atoms with Crippen molar-refractivity contribution < 1.29 is 4.79 Å². The summed E-state index contributed by atoms with van der Waals surface area (Å²) in [4.78, 5) is 14.6. The lowest BCUT2D eigenvalue weighted by atomic mass is 9.78. The van der Waals surface area contributed by atoms with Crippen LogP contribution < -0.4 is 5.32 Å². The number of aryl methyl sites for hydroxylation is 3. The fourth-order valence-electron chi connectivity index (χ4n) is 3.98. The van der Waals surface area contributed by atoms with Gasteiger partial charge in [-0.3, -0.25) is 4.79 Å². The number of nitrogens with zero attached hydrogens (tertiary/aromatic N) is 1. The molecule has 1 N–H and O–H groups in total. The molecule has 1 aromatic carbocycles. The minimum atomic E-state index is 0.334. The molecule has 0 bridgehead atoms. The van der Waals surface area contributed by atoms with Crippen molar-refractivity contribution in [3.8, 4) is 0 Å². The molecule has 1 aromatic rings. The molecule has 0 unspecified atom stereocenters. The smallest absolute Gasteiger partial charge is 0.222 e. The molecule has 3 nitrogen and oxygen atoms in total. The fraction of sp³-hybridized carbons (Fsp3) is 0.632. The number of nitrogens with one attached hydrogen (secondary N) is 1. The summed E-state index contributed by atoms with van der Waals surface area (Å²) in [6.07, 6.45) is 5.16. The van der Waals surface area contributed by atoms with Crippen LogP contribution in [-0.4, -0.2) is 37.0 Å². The van der Waals surface area contributed by atoms with E-state index in [1.807, 2.05) is 0 Å². The molecule has 0 aliphatic carbocycles. The Morgan fingerprint density at radius 3 is 2.64 bits per heavy atom. The Morgan fingerprint density at radius 1 is 1.23 bits per heavy atom. The second-order valence-corrected chi connectivity index (χ2v) is 7.24. The molecule has 1 amide bonds. The number of piperidine rings is 1. The van der Waals surface area contributed by atoms with Gasteiger partial charge in [0.05, 0.1) is 0 Å². The molecule has 2 fully saturated rings. The minimum absolute atomic E-state index is 0.334. The van der Waals surface area contributed by atoms with Gasteiger partial charge in [0.2, 0.25) is 5.91 Å². The van der Waals surface area contributed by atoms with Crippen LogP contribution in [0.4, 0.5) is 0 Å². The van der Waals surface area contributed by atoms with E-state index in [1.165, 1.54) is 36.0 Å². The van der Waals surface area contributed by atoms with Crippen molar-refractivity contribution in [1.82, 2.24) is 10.2 Å². The van der Waals surface area contributed by atoms with Crippen LogP contribution in [0.5, 0.6) is 0 Å². The maximum Gasteiger partial charge on any atom is 0.222 e. The number of rotatable bonds is 3. The predicted octanol–water partition coefficient (Wildman–Crippen LogP) is 2.84. The molecule has 120 valence electrons. The van der Waals surface area contributed by atoms with Gasteiger partial charge in [-0.1, -0.05) is 23.8 Å². The van der Waals surface area contributed by atoms with Crippen LogP contribution in [0.3, 0.4) is 0 Å². The monoisotopic (exact) mass is 300 g/mol. The number of hydrogen-bond acceptors (Lipinski definition) is 2. The van der Waals surface area contributed by atoms with Crippen molar-refractivity contribution in [1.29, 1.82) is 0 Å². The predicted molar refractivity (Wildman–Crippen MR) is 90.0 cm³/mol. The molecule has 2 saturated heterocycles. The van der Waals surface area contributed by atoms with Crippen LogP contribution in [0.1, 0.15) is 42.4 Å². The zero-order valence-corrected chi connectivity index (χ0v) is 14.0. The fourth-order valence-corrected chi connectivity index (χ4v) is 3.98. The highest BCUT2D eigenvalue weighted by Gasteiger charge is 2.37. The first-order chi connectivity index (χ1) is 10.6. The number of hydrogen-bond donors (Lipinski definition) is 1. The van der Waals surface area contributed by atoms with Crippen LogP contribution in [0.25, 0.3) is 0 Å². The standard InChI is InChI=1S/C19H28N2O/c1-15-3-4-17(16(2)13-15)5-6-18(22)21-11-8-19(9-12-21)7-10-20-14-19/h3-4,13,20H,5-12,14H2,1-2H3. The van der Waals surface area contributed by atoms with Gasteiger partial charge in [-0.15, -0.1) is 0 Å². The molecule has 3 heteroatoms. The molecular weight excluding hydrogens is 272 g/mol. The Bertz CT molecular complexity index is 536. The van der Waals surface area contributed by atoms with Crippen LogP contribution in [0, 0.1) is 19.3 Å².